The van der Waals surface area contributed by atoms with Crippen LogP contribution in [-0.4, -0.2) is 6.04 Å². The summed E-state index contributed by atoms with van der Waals surface area (Å²) < 4.78 is 6.14. The van der Waals surface area contributed by atoms with Crippen molar-refractivity contribution < 1.29 is 4.74 Å². The summed E-state index contributed by atoms with van der Waals surface area (Å²) >= 11 is 0. The Bertz CT molecular complexity index is 657. The van der Waals surface area contributed by atoms with E-state index in [1.807, 2.05) is 6.07 Å². The first kappa shape index (κ1) is 15.7. The summed E-state index contributed by atoms with van der Waals surface area (Å²) in [4.78, 5) is 0. The van der Waals surface area contributed by atoms with Gasteiger partial charge in [-0.15, -0.1) is 0 Å². The zero-order valence-electron chi connectivity index (χ0n) is 14.3. The molecule has 0 spiro atoms. The van der Waals surface area contributed by atoms with Crippen molar-refractivity contribution in [1.82, 2.24) is 5.32 Å². The third-order valence-electron chi connectivity index (χ3n) is 5.28. The maximum Gasteiger partial charge on any atom is 0.123 e. The Labute approximate surface area is 145 Å². The van der Waals surface area contributed by atoms with Crippen molar-refractivity contribution in [3.8, 4) is 5.75 Å². The van der Waals surface area contributed by atoms with Crippen molar-refractivity contribution in [2.45, 2.75) is 63.6 Å². The molecule has 2 nitrogen and oxygen atoms in total. The van der Waals surface area contributed by atoms with Crippen molar-refractivity contribution in [1.29, 1.82) is 0 Å². The van der Waals surface area contributed by atoms with Gasteiger partial charge in [0.15, 0.2) is 0 Å². The van der Waals surface area contributed by atoms with Gasteiger partial charge in [-0.05, 0) is 54.4 Å². The number of rotatable bonds is 7. The second-order valence-corrected chi connectivity index (χ2v) is 7.28. The number of nitrogens with one attached hydrogen (secondary N) is 1. The Morgan fingerprint density at radius 2 is 1.67 bits per heavy atom. The van der Waals surface area contributed by atoms with Gasteiger partial charge < -0.3 is 10.1 Å². The molecule has 2 aromatic rings. The Morgan fingerprint density at radius 3 is 2.42 bits per heavy atom. The standard InChI is InChI=1S/C22H27NO/c1-2-6-17(7-3-1)16-24-22-13-10-18(14-21(22)19-11-12-19)15-23-20-8-4-5-9-20/h1-3,6-7,10,13-14,19-20,23H,4-5,8-9,11-12,15-16H2. The van der Waals surface area contributed by atoms with Gasteiger partial charge in [-0.1, -0.05) is 55.3 Å². The fourth-order valence-corrected chi connectivity index (χ4v) is 3.68. The van der Waals surface area contributed by atoms with Gasteiger partial charge in [-0.25, -0.2) is 0 Å². The Balaban J connectivity index is 1.42. The molecule has 0 atom stereocenters. The Hall–Kier alpha value is -1.80. The Kier molecular flexibility index (Phi) is 4.84. The van der Waals surface area contributed by atoms with Gasteiger partial charge in [0.1, 0.15) is 12.4 Å². The highest BCUT2D eigenvalue weighted by Gasteiger charge is 2.27. The largest absolute Gasteiger partial charge is 0.489 e. The lowest BCUT2D eigenvalue weighted by Crippen LogP contribution is -2.25. The molecule has 2 heteroatoms. The van der Waals surface area contributed by atoms with Crippen LogP contribution in [-0.2, 0) is 13.2 Å². The van der Waals surface area contributed by atoms with Crippen LogP contribution in [0.4, 0.5) is 0 Å². The average Bonchev–Trinajstić information content (AvgIpc) is 3.35. The molecule has 0 bridgehead atoms. The zero-order chi connectivity index (χ0) is 16.2. The first-order valence-corrected chi connectivity index (χ1v) is 9.41. The summed E-state index contributed by atoms with van der Waals surface area (Å²) in [7, 11) is 0. The molecule has 126 valence electrons. The maximum atomic E-state index is 6.14. The van der Waals surface area contributed by atoms with E-state index in [2.05, 4.69) is 47.8 Å². The van der Waals surface area contributed by atoms with E-state index in [1.54, 1.807) is 0 Å². The van der Waals surface area contributed by atoms with Gasteiger partial charge in [0, 0.05) is 12.6 Å². The molecule has 0 radical (unpaired) electrons. The highest BCUT2D eigenvalue weighted by molar-refractivity contribution is 5.42. The van der Waals surface area contributed by atoms with E-state index >= 15 is 0 Å². The monoisotopic (exact) mass is 321 g/mol. The van der Waals surface area contributed by atoms with Crippen LogP contribution in [0.2, 0.25) is 0 Å². The van der Waals surface area contributed by atoms with Gasteiger partial charge in [-0.2, -0.15) is 0 Å². The molecule has 24 heavy (non-hydrogen) atoms. The van der Waals surface area contributed by atoms with Gasteiger partial charge in [0.25, 0.3) is 0 Å². The molecule has 0 aromatic heterocycles. The lowest BCUT2D eigenvalue weighted by molar-refractivity contribution is 0.303. The lowest BCUT2D eigenvalue weighted by Gasteiger charge is -2.15. The molecule has 1 N–H and O–H groups in total. The number of benzene rings is 2. The summed E-state index contributed by atoms with van der Waals surface area (Å²) in [5.41, 5.74) is 4.04. The Morgan fingerprint density at radius 1 is 0.875 bits per heavy atom. The molecular weight excluding hydrogens is 294 g/mol. The van der Waals surface area contributed by atoms with E-state index in [4.69, 9.17) is 4.74 Å². The molecule has 2 fully saturated rings. The summed E-state index contributed by atoms with van der Waals surface area (Å²) in [5, 5.41) is 3.72. The molecule has 2 aliphatic carbocycles. The fraction of sp³-hybridized carbons (Fsp3) is 0.455. The third-order valence-corrected chi connectivity index (χ3v) is 5.28. The molecule has 2 aromatic carbocycles. The number of hydrogen-bond acceptors (Lipinski definition) is 2. The zero-order valence-corrected chi connectivity index (χ0v) is 14.3. The van der Waals surface area contributed by atoms with E-state index in [9.17, 15) is 0 Å². The number of hydrogen-bond donors (Lipinski definition) is 1. The van der Waals surface area contributed by atoms with Crippen LogP contribution in [0.3, 0.4) is 0 Å². The van der Waals surface area contributed by atoms with Crippen LogP contribution in [0.15, 0.2) is 48.5 Å². The summed E-state index contributed by atoms with van der Waals surface area (Å²) in [6, 6.07) is 17.9. The van der Waals surface area contributed by atoms with E-state index in [0.717, 1.165) is 18.3 Å². The quantitative estimate of drug-likeness (QED) is 0.759. The summed E-state index contributed by atoms with van der Waals surface area (Å²) in [5.74, 6) is 1.79. The highest BCUT2D eigenvalue weighted by atomic mass is 16.5. The highest BCUT2D eigenvalue weighted by Crippen LogP contribution is 2.44. The fourth-order valence-electron chi connectivity index (χ4n) is 3.68. The van der Waals surface area contributed by atoms with Gasteiger partial charge in [-0.3, -0.25) is 0 Å². The van der Waals surface area contributed by atoms with Crippen molar-refractivity contribution in [2.75, 3.05) is 0 Å². The molecule has 2 aliphatic rings. The van der Waals surface area contributed by atoms with Crippen LogP contribution in [0, 0.1) is 0 Å². The molecule has 0 saturated heterocycles. The first-order chi connectivity index (χ1) is 11.9. The van der Waals surface area contributed by atoms with Crippen LogP contribution in [0.1, 0.15) is 61.1 Å². The van der Waals surface area contributed by atoms with Crippen molar-refractivity contribution >= 4 is 0 Å². The van der Waals surface area contributed by atoms with Crippen molar-refractivity contribution in [3.05, 3.63) is 65.2 Å². The molecular formula is C22H27NO. The van der Waals surface area contributed by atoms with E-state index in [0.29, 0.717) is 12.5 Å². The van der Waals surface area contributed by atoms with Gasteiger partial charge in [0.05, 0.1) is 0 Å². The van der Waals surface area contributed by atoms with Gasteiger partial charge >= 0.3 is 0 Å². The average molecular weight is 321 g/mol. The minimum atomic E-state index is 0.653. The van der Waals surface area contributed by atoms with E-state index < -0.39 is 0 Å². The molecule has 0 aliphatic heterocycles. The normalized spacial score (nSPS) is 18.0. The summed E-state index contributed by atoms with van der Waals surface area (Å²) in [6.45, 7) is 1.64. The van der Waals surface area contributed by atoms with Gasteiger partial charge in [0.2, 0.25) is 0 Å². The first-order valence-electron chi connectivity index (χ1n) is 9.41. The predicted molar refractivity (Wildman–Crippen MR) is 98.3 cm³/mol. The predicted octanol–water partition coefficient (Wildman–Crippen LogP) is 5.18. The van der Waals surface area contributed by atoms with Crippen LogP contribution < -0.4 is 10.1 Å². The molecule has 0 unspecified atom stereocenters. The van der Waals surface area contributed by atoms with Crippen LogP contribution in [0.5, 0.6) is 5.75 Å². The smallest absolute Gasteiger partial charge is 0.123 e. The topological polar surface area (TPSA) is 21.3 Å². The maximum absolute atomic E-state index is 6.14. The molecule has 2 saturated carbocycles. The minimum absolute atomic E-state index is 0.653. The minimum Gasteiger partial charge on any atom is -0.489 e. The van der Waals surface area contributed by atoms with E-state index in [1.165, 1.54) is 55.2 Å². The van der Waals surface area contributed by atoms with Crippen molar-refractivity contribution in [2.24, 2.45) is 0 Å². The molecule has 0 heterocycles. The summed E-state index contributed by atoms with van der Waals surface area (Å²) in [6.07, 6.45) is 8.07. The van der Waals surface area contributed by atoms with Crippen LogP contribution in [0.25, 0.3) is 0 Å². The third kappa shape index (κ3) is 3.99. The SMILES string of the molecule is c1ccc(COc2ccc(CNC3CCCC3)cc2C2CC2)cc1. The molecule has 4 rings (SSSR count). The van der Waals surface area contributed by atoms with Crippen LogP contribution >= 0.6 is 0 Å². The number of ether oxygens (including phenoxy) is 1. The second kappa shape index (κ2) is 7.40. The molecule has 0 amide bonds. The van der Waals surface area contributed by atoms with Crippen molar-refractivity contribution in [3.63, 3.8) is 0 Å². The van der Waals surface area contributed by atoms with E-state index in [-0.39, 0.29) is 0 Å². The lowest BCUT2D eigenvalue weighted by atomic mass is 10.0. The second-order valence-electron chi connectivity index (χ2n) is 7.28.